The quantitative estimate of drug-likeness (QED) is 0.680. The maximum atomic E-state index is 12.6. The molecule has 2 rings (SSSR count). The van der Waals surface area contributed by atoms with Crippen LogP contribution in [0.2, 0.25) is 0 Å². The topological polar surface area (TPSA) is 71.1 Å². The van der Waals surface area contributed by atoms with Crippen molar-refractivity contribution in [1.82, 2.24) is 0 Å². The molecule has 1 heterocycles. The van der Waals surface area contributed by atoms with Crippen LogP contribution in [0.3, 0.4) is 0 Å². The molecule has 1 saturated carbocycles. The summed E-state index contributed by atoms with van der Waals surface area (Å²) < 4.78 is 22.9. The molecule has 0 aromatic heterocycles. The second-order valence-corrected chi connectivity index (χ2v) is 7.84. The summed E-state index contributed by atoms with van der Waals surface area (Å²) in [6.07, 6.45) is 5.59. The summed E-state index contributed by atoms with van der Waals surface area (Å²) in [7, 11) is 0. The highest BCUT2D eigenvalue weighted by molar-refractivity contribution is 5.77. The number of rotatable bonds is 6. The van der Waals surface area contributed by atoms with Crippen LogP contribution in [0.15, 0.2) is 0 Å². The average Bonchev–Trinajstić information content (AvgIpc) is 2.59. The minimum absolute atomic E-state index is 0.0531. The van der Waals surface area contributed by atoms with Crippen LogP contribution < -0.4 is 0 Å². The molecular formula is C19H32O6. The summed E-state index contributed by atoms with van der Waals surface area (Å²) in [5, 5.41) is 0. The van der Waals surface area contributed by atoms with Crippen molar-refractivity contribution in [2.45, 2.75) is 84.0 Å². The van der Waals surface area contributed by atoms with E-state index in [-0.39, 0.29) is 32.2 Å². The Morgan fingerprint density at radius 3 is 2.16 bits per heavy atom. The number of carbonyl (C=O) groups excluding carboxylic acids is 2. The molecule has 0 N–H and O–H groups in total. The first-order valence-corrected chi connectivity index (χ1v) is 9.43. The fourth-order valence-corrected chi connectivity index (χ4v) is 3.14. The average molecular weight is 356 g/mol. The molecule has 6 heteroatoms. The third-order valence-electron chi connectivity index (χ3n) is 5.33. The molecule has 6 nitrogen and oxygen atoms in total. The Hall–Kier alpha value is -1.14. The van der Waals surface area contributed by atoms with Gasteiger partial charge in [-0.05, 0) is 40.0 Å². The van der Waals surface area contributed by atoms with Crippen LogP contribution in [-0.2, 0) is 28.5 Å². The van der Waals surface area contributed by atoms with E-state index in [0.717, 1.165) is 25.7 Å². The largest absolute Gasteiger partial charge is 0.466 e. The highest BCUT2D eigenvalue weighted by Gasteiger charge is 2.50. The van der Waals surface area contributed by atoms with Crippen molar-refractivity contribution in [3.8, 4) is 0 Å². The zero-order valence-electron chi connectivity index (χ0n) is 16.0. The van der Waals surface area contributed by atoms with Gasteiger partial charge < -0.3 is 18.9 Å². The van der Waals surface area contributed by atoms with E-state index in [2.05, 4.69) is 0 Å². The van der Waals surface area contributed by atoms with E-state index in [4.69, 9.17) is 18.9 Å². The summed E-state index contributed by atoms with van der Waals surface area (Å²) in [6, 6.07) is 0. The van der Waals surface area contributed by atoms with E-state index < -0.39 is 22.8 Å². The SMILES string of the molecule is CCOC(=O)CC1(OC(=O)C(C)(C)CC)COC2(CCCCC2)OC1. The lowest BCUT2D eigenvalue weighted by Gasteiger charge is -2.47. The summed E-state index contributed by atoms with van der Waals surface area (Å²) >= 11 is 0. The monoisotopic (exact) mass is 356 g/mol. The van der Waals surface area contributed by atoms with Crippen molar-refractivity contribution >= 4 is 11.9 Å². The number of esters is 2. The highest BCUT2D eigenvalue weighted by Crippen LogP contribution is 2.40. The highest BCUT2D eigenvalue weighted by atomic mass is 16.7. The molecular weight excluding hydrogens is 324 g/mol. The van der Waals surface area contributed by atoms with Gasteiger partial charge in [0, 0.05) is 12.8 Å². The lowest BCUT2D eigenvalue weighted by atomic mass is 9.89. The van der Waals surface area contributed by atoms with E-state index in [0.29, 0.717) is 6.42 Å². The van der Waals surface area contributed by atoms with Gasteiger partial charge in [-0.25, -0.2) is 0 Å². The Bertz CT molecular complexity index is 468. The van der Waals surface area contributed by atoms with Crippen LogP contribution in [0, 0.1) is 5.41 Å². The van der Waals surface area contributed by atoms with Gasteiger partial charge in [0.1, 0.15) is 0 Å². The molecule has 1 saturated heterocycles. The number of ether oxygens (including phenoxy) is 4. The Morgan fingerprint density at radius 2 is 1.64 bits per heavy atom. The van der Waals surface area contributed by atoms with Crippen LogP contribution in [-0.4, -0.2) is 43.1 Å². The molecule has 0 radical (unpaired) electrons. The van der Waals surface area contributed by atoms with Gasteiger partial charge in [-0.15, -0.1) is 0 Å². The van der Waals surface area contributed by atoms with E-state index >= 15 is 0 Å². The zero-order chi connectivity index (χ0) is 18.6. The van der Waals surface area contributed by atoms with Crippen LogP contribution in [0.25, 0.3) is 0 Å². The van der Waals surface area contributed by atoms with Gasteiger partial charge in [0.15, 0.2) is 11.4 Å². The van der Waals surface area contributed by atoms with E-state index in [9.17, 15) is 9.59 Å². The predicted molar refractivity (Wildman–Crippen MR) is 91.9 cm³/mol. The number of carbonyl (C=O) groups is 2. The Labute approximate surface area is 150 Å². The van der Waals surface area contributed by atoms with Crippen molar-refractivity contribution in [3.05, 3.63) is 0 Å². The Kier molecular flexibility index (Phi) is 6.49. The van der Waals surface area contributed by atoms with Gasteiger partial charge >= 0.3 is 11.9 Å². The molecule has 0 unspecified atom stereocenters. The molecule has 2 fully saturated rings. The van der Waals surface area contributed by atoms with Crippen LogP contribution >= 0.6 is 0 Å². The van der Waals surface area contributed by atoms with Gasteiger partial charge in [0.05, 0.1) is 31.7 Å². The van der Waals surface area contributed by atoms with Crippen LogP contribution in [0.5, 0.6) is 0 Å². The van der Waals surface area contributed by atoms with Gasteiger partial charge in [-0.3, -0.25) is 9.59 Å². The van der Waals surface area contributed by atoms with Crippen molar-refractivity contribution < 1.29 is 28.5 Å². The van der Waals surface area contributed by atoms with Gasteiger partial charge in [0.2, 0.25) is 0 Å². The zero-order valence-corrected chi connectivity index (χ0v) is 16.0. The first-order chi connectivity index (χ1) is 11.8. The fraction of sp³-hybridized carbons (Fsp3) is 0.895. The van der Waals surface area contributed by atoms with Crippen LogP contribution in [0.4, 0.5) is 0 Å². The minimum atomic E-state index is -1.11. The molecule has 0 aromatic carbocycles. The molecule has 25 heavy (non-hydrogen) atoms. The van der Waals surface area contributed by atoms with E-state index in [1.807, 2.05) is 20.8 Å². The molecule has 0 aromatic rings. The molecule has 1 spiro atoms. The van der Waals surface area contributed by atoms with Gasteiger partial charge in [-0.2, -0.15) is 0 Å². The molecule has 0 atom stereocenters. The minimum Gasteiger partial charge on any atom is -0.466 e. The molecule has 2 aliphatic rings. The fourth-order valence-electron chi connectivity index (χ4n) is 3.14. The smallest absolute Gasteiger partial charge is 0.312 e. The maximum Gasteiger partial charge on any atom is 0.312 e. The molecule has 1 aliphatic carbocycles. The number of hydrogen-bond donors (Lipinski definition) is 0. The Morgan fingerprint density at radius 1 is 1.04 bits per heavy atom. The third-order valence-corrected chi connectivity index (χ3v) is 5.33. The third kappa shape index (κ3) is 4.94. The molecule has 1 aliphatic heterocycles. The summed E-state index contributed by atoms with van der Waals surface area (Å²) in [5.41, 5.74) is -1.74. The molecule has 0 amide bonds. The maximum absolute atomic E-state index is 12.6. The second kappa shape index (κ2) is 8.04. The van der Waals surface area contributed by atoms with Crippen molar-refractivity contribution in [3.63, 3.8) is 0 Å². The second-order valence-electron chi connectivity index (χ2n) is 7.84. The van der Waals surface area contributed by atoms with Crippen molar-refractivity contribution in [2.24, 2.45) is 5.41 Å². The van der Waals surface area contributed by atoms with Crippen molar-refractivity contribution in [1.29, 1.82) is 0 Å². The lowest BCUT2D eigenvalue weighted by molar-refractivity contribution is -0.330. The predicted octanol–water partition coefficient (Wildman–Crippen LogP) is 3.37. The Balaban J connectivity index is 2.11. The molecule has 0 bridgehead atoms. The van der Waals surface area contributed by atoms with Gasteiger partial charge in [-0.1, -0.05) is 13.3 Å². The molecule has 144 valence electrons. The standard InChI is InChI=1S/C19H32O6/c1-5-17(3,4)16(21)25-18(12-15(20)22-6-2)13-23-19(24-14-18)10-8-7-9-11-19/h5-14H2,1-4H3. The van der Waals surface area contributed by atoms with E-state index in [1.54, 1.807) is 6.92 Å². The first kappa shape index (κ1) is 20.2. The number of hydrogen-bond acceptors (Lipinski definition) is 6. The van der Waals surface area contributed by atoms with Gasteiger partial charge in [0.25, 0.3) is 0 Å². The lowest BCUT2D eigenvalue weighted by Crippen LogP contribution is -2.57. The summed E-state index contributed by atoms with van der Waals surface area (Å²) in [4.78, 5) is 24.7. The van der Waals surface area contributed by atoms with Crippen molar-refractivity contribution in [2.75, 3.05) is 19.8 Å². The first-order valence-electron chi connectivity index (χ1n) is 9.43. The summed E-state index contributed by atoms with van der Waals surface area (Å²) in [6.45, 7) is 7.97. The van der Waals surface area contributed by atoms with E-state index in [1.165, 1.54) is 6.42 Å². The summed E-state index contributed by atoms with van der Waals surface area (Å²) in [5.74, 6) is -1.33. The van der Waals surface area contributed by atoms with Crippen LogP contribution in [0.1, 0.15) is 72.6 Å². The normalized spacial score (nSPS) is 22.4.